The molecular weight excluding hydrogens is 438 g/mol. The van der Waals surface area contributed by atoms with Crippen molar-refractivity contribution in [3.8, 4) is 0 Å². The third-order valence-corrected chi connectivity index (χ3v) is 7.86. The molecule has 0 fully saturated rings. The van der Waals surface area contributed by atoms with Gasteiger partial charge in [-0.1, -0.05) is 100 Å². The molecular formula is C22H36ClN3O2S2. The van der Waals surface area contributed by atoms with Crippen LogP contribution in [0.3, 0.4) is 0 Å². The summed E-state index contributed by atoms with van der Waals surface area (Å²) in [5.74, 6) is 0.119. The highest BCUT2D eigenvalue weighted by Crippen LogP contribution is 2.20. The molecule has 0 saturated carbocycles. The number of nitrogens with zero attached hydrogens (tertiary/aromatic N) is 2. The van der Waals surface area contributed by atoms with Crippen LogP contribution in [0.2, 0.25) is 5.02 Å². The molecule has 170 valence electrons. The van der Waals surface area contributed by atoms with Gasteiger partial charge in [-0.3, -0.25) is 0 Å². The molecule has 0 amide bonds. The summed E-state index contributed by atoms with van der Waals surface area (Å²) < 4.78 is 27.3. The number of rotatable bonds is 15. The molecule has 2 aromatic rings. The van der Waals surface area contributed by atoms with Gasteiger partial charge in [-0.15, -0.1) is 5.10 Å². The van der Waals surface area contributed by atoms with E-state index in [1.807, 2.05) is 29.8 Å². The van der Waals surface area contributed by atoms with Crippen LogP contribution in [0.4, 0.5) is 0 Å². The zero-order valence-corrected chi connectivity index (χ0v) is 20.7. The largest absolute Gasteiger partial charge is 0.318 e. The van der Waals surface area contributed by atoms with Gasteiger partial charge in [0, 0.05) is 12.1 Å². The van der Waals surface area contributed by atoms with E-state index in [0.717, 1.165) is 23.1 Å². The SMILES string of the molecule is CCCCCCCCCCCCCCS(=O)(=O)N/N=c1\sc2ccc(Cl)cc2n1C. The molecule has 2 rings (SSSR count). The van der Waals surface area contributed by atoms with Gasteiger partial charge in [0.15, 0.2) is 0 Å². The Balaban J connectivity index is 1.63. The first-order chi connectivity index (χ1) is 14.4. The lowest BCUT2D eigenvalue weighted by Gasteiger charge is -2.04. The van der Waals surface area contributed by atoms with E-state index in [1.54, 1.807) is 0 Å². The molecule has 5 nitrogen and oxygen atoms in total. The van der Waals surface area contributed by atoms with Crippen molar-refractivity contribution in [2.45, 2.75) is 84.0 Å². The number of fused-ring (bicyclic) bond motifs is 1. The maximum Gasteiger partial charge on any atom is 0.247 e. The van der Waals surface area contributed by atoms with Crippen LogP contribution in [-0.2, 0) is 17.1 Å². The fourth-order valence-electron chi connectivity index (χ4n) is 3.49. The first-order valence-corrected chi connectivity index (χ1v) is 14.1. The smallest absolute Gasteiger partial charge is 0.247 e. The maximum atomic E-state index is 12.2. The van der Waals surface area contributed by atoms with Crippen LogP contribution < -0.4 is 9.63 Å². The summed E-state index contributed by atoms with van der Waals surface area (Å²) in [6.07, 6.45) is 14.6. The Labute approximate surface area is 190 Å². The van der Waals surface area contributed by atoms with Crippen LogP contribution in [0.5, 0.6) is 0 Å². The molecule has 0 atom stereocenters. The first kappa shape index (κ1) is 25.2. The molecule has 0 unspecified atom stereocenters. The van der Waals surface area contributed by atoms with E-state index in [1.165, 1.54) is 69.1 Å². The predicted molar refractivity (Wildman–Crippen MR) is 129 cm³/mol. The molecule has 8 heteroatoms. The normalized spacial score (nSPS) is 12.7. The maximum absolute atomic E-state index is 12.2. The van der Waals surface area contributed by atoms with Gasteiger partial charge in [0.2, 0.25) is 14.8 Å². The van der Waals surface area contributed by atoms with E-state index >= 15 is 0 Å². The molecule has 1 aromatic carbocycles. The van der Waals surface area contributed by atoms with Gasteiger partial charge < -0.3 is 4.57 Å². The minimum Gasteiger partial charge on any atom is -0.318 e. The summed E-state index contributed by atoms with van der Waals surface area (Å²) in [4.78, 5) is 2.99. The lowest BCUT2D eigenvalue weighted by Crippen LogP contribution is -2.25. The average molecular weight is 474 g/mol. The molecule has 1 aromatic heterocycles. The highest BCUT2D eigenvalue weighted by atomic mass is 35.5. The van der Waals surface area contributed by atoms with E-state index in [-0.39, 0.29) is 5.75 Å². The zero-order valence-electron chi connectivity index (χ0n) is 18.3. The molecule has 0 radical (unpaired) electrons. The van der Waals surface area contributed by atoms with Gasteiger partial charge in [-0.2, -0.15) is 0 Å². The molecule has 0 bridgehead atoms. The zero-order chi connectivity index (χ0) is 21.8. The topological polar surface area (TPSA) is 63.5 Å². The second kappa shape index (κ2) is 13.4. The number of thiazole rings is 1. The Morgan fingerprint density at radius 2 is 1.53 bits per heavy atom. The summed E-state index contributed by atoms with van der Waals surface area (Å²) in [5.41, 5.74) is 0.936. The van der Waals surface area contributed by atoms with Crippen LogP contribution in [-0.4, -0.2) is 18.7 Å². The third kappa shape index (κ3) is 8.98. The van der Waals surface area contributed by atoms with Crippen LogP contribution in [0.1, 0.15) is 84.0 Å². The molecule has 0 aliphatic heterocycles. The minimum absolute atomic E-state index is 0.119. The first-order valence-electron chi connectivity index (χ1n) is 11.2. The molecule has 0 aliphatic carbocycles. The van der Waals surface area contributed by atoms with Crippen molar-refractivity contribution in [2.24, 2.45) is 12.1 Å². The minimum atomic E-state index is -3.40. The summed E-state index contributed by atoms with van der Waals surface area (Å²) in [6, 6.07) is 5.59. The Morgan fingerprint density at radius 3 is 2.13 bits per heavy atom. The quantitative estimate of drug-likeness (QED) is 0.242. The number of aryl methyl sites for hydroxylation is 1. The van der Waals surface area contributed by atoms with Gasteiger partial charge in [-0.05, 0) is 24.6 Å². The molecule has 30 heavy (non-hydrogen) atoms. The van der Waals surface area contributed by atoms with Gasteiger partial charge >= 0.3 is 0 Å². The monoisotopic (exact) mass is 473 g/mol. The van der Waals surface area contributed by atoms with Crippen molar-refractivity contribution in [3.05, 3.63) is 28.0 Å². The molecule has 0 saturated heterocycles. The summed E-state index contributed by atoms with van der Waals surface area (Å²) in [7, 11) is -1.55. The number of hydrogen-bond acceptors (Lipinski definition) is 4. The number of nitrogens with one attached hydrogen (secondary N) is 1. The lowest BCUT2D eigenvalue weighted by atomic mass is 10.1. The number of hydrogen-bond donors (Lipinski definition) is 1. The van der Waals surface area contributed by atoms with Gasteiger partial charge in [0.25, 0.3) is 0 Å². The van der Waals surface area contributed by atoms with Crippen molar-refractivity contribution >= 4 is 43.2 Å². The van der Waals surface area contributed by atoms with Crippen molar-refractivity contribution < 1.29 is 8.42 Å². The van der Waals surface area contributed by atoms with Gasteiger partial charge in [0.1, 0.15) is 0 Å². The Hall–Kier alpha value is -1.05. The average Bonchev–Trinajstić information content (AvgIpc) is 3.02. The van der Waals surface area contributed by atoms with Crippen LogP contribution in [0.25, 0.3) is 10.2 Å². The highest BCUT2D eigenvalue weighted by molar-refractivity contribution is 7.89. The number of benzene rings is 1. The molecule has 1 N–H and O–H groups in total. The standard InChI is InChI=1S/C22H36ClN3O2S2/c1-3-4-5-6-7-8-9-10-11-12-13-14-17-30(27,28)25-24-22-26(2)20-18-19(23)15-16-21(20)29-22/h15-16,18,25H,3-14,17H2,1-2H3/b24-22-. The summed E-state index contributed by atoms with van der Waals surface area (Å²) in [6.45, 7) is 2.25. The number of unbranched alkanes of at least 4 members (excludes halogenated alkanes) is 11. The Bertz CT molecular complexity index is 935. The fourth-order valence-corrected chi connectivity index (χ4v) is 5.58. The van der Waals surface area contributed by atoms with Crippen molar-refractivity contribution in [1.82, 2.24) is 9.40 Å². The second-order valence-electron chi connectivity index (χ2n) is 7.97. The second-order valence-corrected chi connectivity index (χ2v) is 11.2. The Kier molecular flexibility index (Phi) is 11.2. The highest BCUT2D eigenvalue weighted by Gasteiger charge is 2.09. The van der Waals surface area contributed by atoms with E-state index in [0.29, 0.717) is 16.2 Å². The third-order valence-electron chi connectivity index (χ3n) is 5.32. The lowest BCUT2D eigenvalue weighted by molar-refractivity contribution is 0.544. The van der Waals surface area contributed by atoms with E-state index in [4.69, 9.17) is 11.6 Å². The van der Waals surface area contributed by atoms with Gasteiger partial charge in [0.05, 0.1) is 16.0 Å². The number of sulfonamides is 1. The van der Waals surface area contributed by atoms with E-state index < -0.39 is 10.0 Å². The van der Waals surface area contributed by atoms with Crippen molar-refractivity contribution in [1.29, 1.82) is 0 Å². The summed E-state index contributed by atoms with van der Waals surface area (Å²) >= 11 is 7.47. The van der Waals surface area contributed by atoms with Crippen LogP contribution in [0.15, 0.2) is 23.3 Å². The Morgan fingerprint density at radius 1 is 0.967 bits per heavy atom. The number of aromatic nitrogens is 1. The molecule has 0 spiro atoms. The van der Waals surface area contributed by atoms with Crippen molar-refractivity contribution in [3.63, 3.8) is 0 Å². The van der Waals surface area contributed by atoms with Crippen LogP contribution in [0, 0.1) is 0 Å². The predicted octanol–water partition coefficient (Wildman–Crippen LogP) is 6.33. The van der Waals surface area contributed by atoms with E-state index in [2.05, 4.69) is 16.9 Å². The fraction of sp³-hybridized carbons (Fsp3) is 0.682. The van der Waals surface area contributed by atoms with Crippen LogP contribution >= 0.6 is 22.9 Å². The number of halogens is 1. The van der Waals surface area contributed by atoms with Gasteiger partial charge in [-0.25, -0.2) is 13.2 Å². The van der Waals surface area contributed by atoms with Crippen molar-refractivity contribution in [2.75, 3.05) is 5.75 Å². The molecule has 0 aliphatic rings. The van der Waals surface area contributed by atoms with E-state index in [9.17, 15) is 8.42 Å². The molecule has 1 heterocycles. The summed E-state index contributed by atoms with van der Waals surface area (Å²) in [5, 5.41) is 4.77.